The monoisotopic (exact) mass is 280 g/mol. The normalized spacial score (nSPS) is 22.4. The molecule has 1 heterocycles. The van der Waals surface area contributed by atoms with Crippen LogP contribution in [0.5, 0.6) is 0 Å². The number of methoxy groups -OCH3 is 1. The van der Waals surface area contributed by atoms with E-state index in [2.05, 4.69) is 11.8 Å². The lowest BCUT2D eigenvalue weighted by molar-refractivity contribution is 0.0560. The molecule has 1 aliphatic rings. The van der Waals surface area contributed by atoms with E-state index in [1.165, 1.54) is 26.4 Å². The Hall–Kier alpha value is -1.33. The zero-order valence-electron chi connectivity index (χ0n) is 12.3. The molecule has 112 valence electrons. The van der Waals surface area contributed by atoms with Crippen LogP contribution in [0.1, 0.15) is 42.3 Å². The van der Waals surface area contributed by atoms with Crippen molar-refractivity contribution in [1.29, 1.82) is 0 Å². The van der Waals surface area contributed by atoms with E-state index in [9.17, 15) is 4.79 Å². The fraction of sp³-hybridized carbons (Fsp3) is 0.667. The quantitative estimate of drug-likeness (QED) is 0.807. The van der Waals surface area contributed by atoms with Gasteiger partial charge in [0.25, 0.3) is 0 Å². The summed E-state index contributed by atoms with van der Waals surface area (Å²) in [6.07, 6.45) is 5.16. The minimum absolute atomic E-state index is 0.313. The van der Waals surface area contributed by atoms with Crippen molar-refractivity contribution < 1.29 is 13.9 Å². The van der Waals surface area contributed by atoms with Crippen LogP contribution in [0.2, 0.25) is 0 Å². The maximum absolute atomic E-state index is 11.7. The van der Waals surface area contributed by atoms with Crippen LogP contribution in [0.25, 0.3) is 0 Å². The zero-order valence-corrected chi connectivity index (χ0v) is 12.3. The molecule has 1 aliphatic carbocycles. The Labute approximate surface area is 120 Å². The standard InChI is InChI=1S/C15H24N2O3/c1-3-17(13-6-4-5-11(13)9-16)10-12-7-8-20-14(12)15(18)19-2/h7-8,11,13H,3-6,9-10,16H2,1-2H3. The summed E-state index contributed by atoms with van der Waals surface area (Å²) < 4.78 is 10.00. The fourth-order valence-electron chi connectivity index (χ4n) is 3.19. The molecule has 1 aromatic heterocycles. The van der Waals surface area contributed by atoms with E-state index in [0.29, 0.717) is 24.3 Å². The van der Waals surface area contributed by atoms with Gasteiger partial charge in [0, 0.05) is 18.2 Å². The van der Waals surface area contributed by atoms with Crippen LogP contribution in [-0.2, 0) is 11.3 Å². The summed E-state index contributed by atoms with van der Waals surface area (Å²) >= 11 is 0. The topological polar surface area (TPSA) is 68.7 Å². The summed E-state index contributed by atoms with van der Waals surface area (Å²) in [6.45, 7) is 4.52. The van der Waals surface area contributed by atoms with Gasteiger partial charge in [-0.2, -0.15) is 0 Å². The van der Waals surface area contributed by atoms with Gasteiger partial charge in [-0.15, -0.1) is 0 Å². The van der Waals surface area contributed by atoms with Gasteiger partial charge in [-0.25, -0.2) is 4.79 Å². The predicted octanol–water partition coefficient (Wildman–Crippen LogP) is 2.02. The van der Waals surface area contributed by atoms with Crippen molar-refractivity contribution in [3.8, 4) is 0 Å². The molecule has 1 fully saturated rings. The Bertz CT molecular complexity index is 444. The molecule has 0 radical (unpaired) electrons. The Balaban J connectivity index is 2.10. The van der Waals surface area contributed by atoms with Crippen molar-refractivity contribution >= 4 is 5.97 Å². The number of hydrogen-bond acceptors (Lipinski definition) is 5. The maximum atomic E-state index is 11.7. The summed E-state index contributed by atoms with van der Waals surface area (Å²) in [5.41, 5.74) is 6.76. The van der Waals surface area contributed by atoms with Gasteiger partial charge < -0.3 is 14.9 Å². The fourth-order valence-corrected chi connectivity index (χ4v) is 3.19. The molecular weight excluding hydrogens is 256 g/mol. The maximum Gasteiger partial charge on any atom is 0.374 e. The molecule has 0 saturated heterocycles. The van der Waals surface area contributed by atoms with Crippen LogP contribution in [0.4, 0.5) is 0 Å². The van der Waals surface area contributed by atoms with E-state index in [4.69, 9.17) is 14.9 Å². The van der Waals surface area contributed by atoms with E-state index < -0.39 is 5.97 Å². The number of ether oxygens (including phenoxy) is 1. The molecule has 0 amide bonds. The van der Waals surface area contributed by atoms with Gasteiger partial charge in [-0.1, -0.05) is 13.3 Å². The van der Waals surface area contributed by atoms with E-state index in [1.807, 2.05) is 6.07 Å². The number of nitrogens with two attached hydrogens (primary N) is 1. The second-order valence-electron chi connectivity index (χ2n) is 5.32. The zero-order chi connectivity index (χ0) is 14.5. The van der Waals surface area contributed by atoms with Crippen molar-refractivity contribution in [2.24, 2.45) is 11.7 Å². The Kier molecular flexibility index (Phi) is 5.20. The number of hydrogen-bond donors (Lipinski definition) is 1. The van der Waals surface area contributed by atoms with Crippen LogP contribution < -0.4 is 5.73 Å². The molecular formula is C15H24N2O3. The molecule has 1 aromatic rings. The number of nitrogens with zero attached hydrogens (tertiary/aromatic N) is 1. The average Bonchev–Trinajstić information content (AvgIpc) is 3.12. The highest BCUT2D eigenvalue weighted by molar-refractivity contribution is 5.87. The van der Waals surface area contributed by atoms with E-state index in [1.54, 1.807) is 6.26 Å². The summed E-state index contributed by atoms with van der Waals surface area (Å²) in [4.78, 5) is 14.0. The molecule has 2 atom stereocenters. The number of carbonyl (C=O) groups excluding carboxylic acids is 1. The van der Waals surface area contributed by atoms with Crippen LogP contribution >= 0.6 is 0 Å². The van der Waals surface area contributed by atoms with Crippen molar-refractivity contribution in [1.82, 2.24) is 4.90 Å². The number of rotatable bonds is 6. The smallest absolute Gasteiger partial charge is 0.374 e. The first kappa shape index (κ1) is 15.1. The second-order valence-corrected chi connectivity index (χ2v) is 5.32. The SMILES string of the molecule is CCN(Cc1ccoc1C(=O)OC)C1CCCC1CN. The molecule has 0 aromatic carbocycles. The molecule has 20 heavy (non-hydrogen) atoms. The Morgan fingerprint density at radius 2 is 2.35 bits per heavy atom. The minimum Gasteiger partial charge on any atom is -0.463 e. The lowest BCUT2D eigenvalue weighted by Gasteiger charge is -2.31. The van der Waals surface area contributed by atoms with Crippen molar-refractivity contribution in [3.63, 3.8) is 0 Å². The van der Waals surface area contributed by atoms with Gasteiger partial charge in [0.1, 0.15) is 0 Å². The number of esters is 1. The molecule has 0 spiro atoms. The third-order valence-electron chi connectivity index (χ3n) is 4.29. The molecule has 2 rings (SSSR count). The third-order valence-corrected chi connectivity index (χ3v) is 4.29. The third kappa shape index (κ3) is 3.04. The van der Waals surface area contributed by atoms with E-state index >= 15 is 0 Å². The predicted molar refractivity (Wildman–Crippen MR) is 76.3 cm³/mol. The largest absolute Gasteiger partial charge is 0.463 e. The summed E-state index contributed by atoms with van der Waals surface area (Å²) in [7, 11) is 1.37. The first-order valence-electron chi connectivity index (χ1n) is 7.30. The highest BCUT2D eigenvalue weighted by Gasteiger charge is 2.31. The Morgan fingerprint density at radius 1 is 1.55 bits per heavy atom. The molecule has 0 aliphatic heterocycles. The van der Waals surface area contributed by atoms with E-state index in [-0.39, 0.29) is 0 Å². The Morgan fingerprint density at radius 3 is 3.00 bits per heavy atom. The highest BCUT2D eigenvalue weighted by Crippen LogP contribution is 2.30. The minimum atomic E-state index is -0.414. The van der Waals surface area contributed by atoms with Crippen molar-refractivity contribution in [2.45, 2.75) is 38.8 Å². The lowest BCUT2D eigenvalue weighted by Crippen LogP contribution is -2.40. The van der Waals surface area contributed by atoms with Gasteiger partial charge >= 0.3 is 5.97 Å². The van der Waals surface area contributed by atoms with Gasteiger partial charge in [0.05, 0.1) is 13.4 Å². The molecule has 2 unspecified atom stereocenters. The van der Waals surface area contributed by atoms with Crippen molar-refractivity contribution in [3.05, 3.63) is 23.7 Å². The van der Waals surface area contributed by atoms with Gasteiger partial charge in [0.15, 0.2) is 0 Å². The first-order chi connectivity index (χ1) is 9.71. The molecule has 1 saturated carbocycles. The number of furan rings is 1. The van der Waals surface area contributed by atoms with Gasteiger partial charge in [0.2, 0.25) is 5.76 Å². The highest BCUT2D eigenvalue weighted by atomic mass is 16.5. The van der Waals surface area contributed by atoms with Gasteiger partial charge in [-0.3, -0.25) is 4.90 Å². The lowest BCUT2D eigenvalue weighted by atomic mass is 10.0. The van der Waals surface area contributed by atoms with Crippen LogP contribution in [0, 0.1) is 5.92 Å². The molecule has 0 bridgehead atoms. The van der Waals surface area contributed by atoms with Gasteiger partial charge in [-0.05, 0) is 37.9 Å². The van der Waals surface area contributed by atoms with Crippen LogP contribution in [0.15, 0.2) is 16.7 Å². The summed E-state index contributed by atoms with van der Waals surface area (Å²) in [5, 5.41) is 0. The van der Waals surface area contributed by atoms with Crippen molar-refractivity contribution in [2.75, 3.05) is 20.2 Å². The first-order valence-corrected chi connectivity index (χ1v) is 7.30. The second kappa shape index (κ2) is 6.90. The molecule has 5 nitrogen and oxygen atoms in total. The van der Waals surface area contributed by atoms with Crippen LogP contribution in [-0.4, -0.2) is 37.1 Å². The number of carbonyl (C=O) groups is 1. The van der Waals surface area contributed by atoms with E-state index in [0.717, 1.165) is 18.7 Å². The molecule has 2 N–H and O–H groups in total. The molecule has 5 heteroatoms. The summed E-state index contributed by atoms with van der Waals surface area (Å²) in [6, 6.07) is 2.35. The average molecular weight is 280 g/mol. The van der Waals surface area contributed by atoms with Crippen LogP contribution in [0.3, 0.4) is 0 Å². The summed E-state index contributed by atoms with van der Waals surface area (Å²) in [5.74, 6) is 0.458.